The van der Waals surface area contributed by atoms with Gasteiger partial charge in [0, 0.05) is 11.6 Å². The summed E-state index contributed by atoms with van der Waals surface area (Å²) in [6.45, 7) is 2.58. The van der Waals surface area contributed by atoms with E-state index in [1.54, 1.807) is 25.3 Å². The van der Waals surface area contributed by atoms with Crippen LogP contribution in [0.25, 0.3) is 0 Å². The van der Waals surface area contributed by atoms with Crippen LogP contribution in [-0.2, 0) is 0 Å². The number of halogens is 2. The summed E-state index contributed by atoms with van der Waals surface area (Å²) in [6, 6.07) is 8.17. The average Bonchev–Trinajstić information content (AvgIpc) is 2.63. The van der Waals surface area contributed by atoms with E-state index in [2.05, 4.69) is 12.2 Å². The summed E-state index contributed by atoms with van der Waals surface area (Å²) in [4.78, 5) is 12.6. The first-order valence-corrected chi connectivity index (χ1v) is 8.91. The van der Waals surface area contributed by atoms with Crippen molar-refractivity contribution in [2.45, 2.75) is 19.8 Å². The van der Waals surface area contributed by atoms with Crippen molar-refractivity contribution in [2.24, 2.45) is 0 Å². The molecule has 0 aliphatic rings. The molecule has 1 N–H and O–H groups in total. The summed E-state index contributed by atoms with van der Waals surface area (Å²) in [7, 11) is 3.07. The molecule has 0 aromatic heterocycles. The van der Waals surface area contributed by atoms with Crippen molar-refractivity contribution in [1.29, 1.82) is 0 Å². The van der Waals surface area contributed by atoms with Crippen LogP contribution in [-0.4, -0.2) is 26.7 Å². The van der Waals surface area contributed by atoms with E-state index in [0.29, 0.717) is 35.1 Å². The fourth-order valence-corrected chi connectivity index (χ4v) is 2.85. The van der Waals surface area contributed by atoms with Gasteiger partial charge in [-0.05, 0) is 30.7 Å². The van der Waals surface area contributed by atoms with E-state index in [1.807, 2.05) is 0 Å². The number of rotatable bonds is 8. The molecule has 0 bridgehead atoms. The topological polar surface area (TPSA) is 56.8 Å². The Kier molecular flexibility index (Phi) is 7.42. The van der Waals surface area contributed by atoms with E-state index in [1.165, 1.54) is 19.2 Å². The van der Waals surface area contributed by atoms with Crippen molar-refractivity contribution in [3.63, 3.8) is 0 Å². The lowest BCUT2D eigenvalue weighted by Gasteiger charge is -2.14. The first-order valence-electron chi connectivity index (χ1n) is 8.15. The predicted molar refractivity (Wildman–Crippen MR) is 104 cm³/mol. The molecule has 0 spiro atoms. The highest BCUT2D eigenvalue weighted by Gasteiger charge is 2.16. The van der Waals surface area contributed by atoms with Gasteiger partial charge in [0.2, 0.25) is 0 Å². The van der Waals surface area contributed by atoms with Gasteiger partial charge in [0.25, 0.3) is 5.91 Å². The van der Waals surface area contributed by atoms with Gasteiger partial charge in [-0.2, -0.15) is 0 Å². The zero-order valence-electron chi connectivity index (χ0n) is 14.9. The number of carbonyl (C=O) groups excluding carboxylic acids is 1. The standard InChI is InChI=1S/C19H21Cl2NO4/c1-4-5-8-26-18-14(20)9-12(10-15(18)21)19(23)22-16-11-13(24-2)6-7-17(16)25-3/h6-7,9-11H,4-5,8H2,1-3H3,(H,22,23). The Morgan fingerprint density at radius 3 is 2.35 bits per heavy atom. The lowest BCUT2D eigenvalue weighted by molar-refractivity contribution is 0.102. The van der Waals surface area contributed by atoms with Gasteiger partial charge < -0.3 is 19.5 Å². The number of methoxy groups -OCH3 is 2. The molecule has 2 rings (SSSR count). The van der Waals surface area contributed by atoms with Crippen molar-refractivity contribution < 1.29 is 19.0 Å². The number of carbonyl (C=O) groups is 1. The maximum absolute atomic E-state index is 12.6. The Morgan fingerprint density at radius 1 is 1.08 bits per heavy atom. The molecule has 5 nitrogen and oxygen atoms in total. The zero-order chi connectivity index (χ0) is 19.1. The van der Waals surface area contributed by atoms with E-state index >= 15 is 0 Å². The van der Waals surface area contributed by atoms with Gasteiger partial charge in [0.1, 0.15) is 11.5 Å². The molecule has 2 aromatic carbocycles. The van der Waals surface area contributed by atoms with Crippen LogP contribution in [0.4, 0.5) is 5.69 Å². The maximum atomic E-state index is 12.6. The Balaban J connectivity index is 2.22. The monoisotopic (exact) mass is 397 g/mol. The molecule has 0 saturated heterocycles. The fourth-order valence-electron chi connectivity index (χ4n) is 2.25. The highest BCUT2D eigenvalue weighted by Crippen LogP contribution is 2.35. The number of nitrogens with one attached hydrogen (secondary N) is 1. The lowest BCUT2D eigenvalue weighted by atomic mass is 10.2. The van der Waals surface area contributed by atoms with Crippen LogP contribution in [0.2, 0.25) is 10.0 Å². The van der Waals surface area contributed by atoms with E-state index in [0.717, 1.165) is 12.8 Å². The Bertz CT molecular complexity index is 757. The Hall–Kier alpha value is -2.11. The van der Waals surface area contributed by atoms with Crippen molar-refractivity contribution in [3.05, 3.63) is 45.9 Å². The van der Waals surface area contributed by atoms with Gasteiger partial charge in [-0.15, -0.1) is 0 Å². The highest BCUT2D eigenvalue weighted by atomic mass is 35.5. The molecule has 0 aliphatic carbocycles. The van der Waals surface area contributed by atoms with Crippen molar-refractivity contribution in [1.82, 2.24) is 0 Å². The van der Waals surface area contributed by atoms with Gasteiger partial charge in [-0.3, -0.25) is 4.79 Å². The molecule has 0 saturated carbocycles. The molecular formula is C19H21Cl2NO4. The van der Waals surface area contributed by atoms with Crippen LogP contribution in [0.5, 0.6) is 17.2 Å². The maximum Gasteiger partial charge on any atom is 0.255 e. The molecule has 2 aromatic rings. The summed E-state index contributed by atoms with van der Waals surface area (Å²) in [5.74, 6) is 1.12. The van der Waals surface area contributed by atoms with Gasteiger partial charge >= 0.3 is 0 Å². The summed E-state index contributed by atoms with van der Waals surface area (Å²) < 4.78 is 16.0. The van der Waals surface area contributed by atoms with Crippen molar-refractivity contribution in [3.8, 4) is 17.2 Å². The van der Waals surface area contributed by atoms with Crippen LogP contribution < -0.4 is 19.5 Å². The number of unbranched alkanes of at least 4 members (excludes halogenated alkanes) is 1. The molecule has 0 aliphatic heterocycles. The van der Waals surface area contributed by atoms with Crippen LogP contribution >= 0.6 is 23.2 Å². The molecule has 26 heavy (non-hydrogen) atoms. The second kappa shape index (κ2) is 9.55. The summed E-state index contributed by atoms with van der Waals surface area (Å²) in [6.07, 6.45) is 1.89. The van der Waals surface area contributed by atoms with Crippen molar-refractivity contribution in [2.75, 3.05) is 26.1 Å². The van der Waals surface area contributed by atoms with Crippen LogP contribution in [0.15, 0.2) is 30.3 Å². The molecule has 0 atom stereocenters. The first-order chi connectivity index (χ1) is 12.5. The minimum Gasteiger partial charge on any atom is -0.497 e. The molecule has 0 fully saturated rings. The van der Waals surface area contributed by atoms with Gasteiger partial charge in [0.05, 0.1) is 36.6 Å². The van der Waals surface area contributed by atoms with Crippen LogP contribution in [0.1, 0.15) is 30.1 Å². The smallest absolute Gasteiger partial charge is 0.255 e. The van der Waals surface area contributed by atoms with E-state index < -0.39 is 0 Å². The zero-order valence-corrected chi connectivity index (χ0v) is 16.4. The molecule has 1 amide bonds. The number of hydrogen-bond donors (Lipinski definition) is 1. The number of hydrogen-bond acceptors (Lipinski definition) is 4. The number of amides is 1. The summed E-state index contributed by atoms with van der Waals surface area (Å²) in [5.41, 5.74) is 0.792. The highest BCUT2D eigenvalue weighted by molar-refractivity contribution is 6.37. The van der Waals surface area contributed by atoms with Crippen molar-refractivity contribution >= 4 is 34.8 Å². The third kappa shape index (κ3) is 4.96. The molecular weight excluding hydrogens is 377 g/mol. The molecule has 0 radical (unpaired) electrons. The van der Waals surface area contributed by atoms with E-state index in [-0.39, 0.29) is 16.0 Å². The molecule has 0 unspecified atom stereocenters. The molecule has 0 heterocycles. The third-order valence-electron chi connectivity index (χ3n) is 3.66. The first kappa shape index (κ1) is 20.2. The minimum atomic E-state index is -0.375. The van der Waals surface area contributed by atoms with E-state index in [4.69, 9.17) is 37.4 Å². The summed E-state index contributed by atoms with van der Waals surface area (Å²) >= 11 is 12.5. The minimum absolute atomic E-state index is 0.288. The summed E-state index contributed by atoms with van der Waals surface area (Å²) in [5, 5.41) is 3.35. The normalized spacial score (nSPS) is 10.3. The second-order valence-electron chi connectivity index (χ2n) is 5.49. The molecule has 140 valence electrons. The largest absolute Gasteiger partial charge is 0.497 e. The molecule has 7 heteroatoms. The van der Waals surface area contributed by atoms with Gasteiger partial charge in [-0.25, -0.2) is 0 Å². The number of benzene rings is 2. The van der Waals surface area contributed by atoms with Crippen LogP contribution in [0, 0.1) is 0 Å². The SMILES string of the molecule is CCCCOc1c(Cl)cc(C(=O)Nc2cc(OC)ccc2OC)cc1Cl. The number of ether oxygens (including phenoxy) is 3. The average molecular weight is 398 g/mol. The number of anilines is 1. The fraction of sp³-hybridized carbons (Fsp3) is 0.316. The van der Waals surface area contributed by atoms with E-state index in [9.17, 15) is 4.79 Å². The Labute approximate surface area is 163 Å². The van der Waals surface area contributed by atoms with Gasteiger partial charge in [0.15, 0.2) is 5.75 Å². The lowest BCUT2D eigenvalue weighted by Crippen LogP contribution is -2.13. The third-order valence-corrected chi connectivity index (χ3v) is 4.22. The van der Waals surface area contributed by atoms with Gasteiger partial charge in [-0.1, -0.05) is 36.5 Å². The quantitative estimate of drug-likeness (QED) is 0.602. The van der Waals surface area contributed by atoms with Crippen LogP contribution in [0.3, 0.4) is 0 Å². The second-order valence-corrected chi connectivity index (χ2v) is 6.31. The predicted octanol–water partition coefficient (Wildman–Crippen LogP) is 5.44. The Morgan fingerprint density at radius 2 is 1.77 bits per heavy atom.